The summed E-state index contributed by atoms with van der Waals surface area (Å²) in [7, 11) is -2.42. The first-order valence-corrected chi connectivity index (χ1v) is 7.00. The second-order valence-electron chi connectivity index (χ2n) is 4.44. The largest absolute Gasteiger partial charge is 0.468 e. The number of rotatable bonds is 4. The van der Waals surface area contributed by atoms with Crippen LogP contribution >= 0.6 is 0 Å². The lowest BCUT2D eigenvalue weighted by atomic mass is 10.1. The van der Waals surface area contributed by atoms with Crippen LogP contribution in [-0.4, -0.2) is 32.8 Å². The topological polar surface area (TPSA) is 72.5 Å². The van der Waals surface area contributed by atoms with Crippen LogP contribution in [0.4, 0.5) is 0 Å². The van der Waals surface area contributed by atoms with E-state index in [1.54, 1.807) is 0 Å². The molecule has 16 heavy (non-hydrogen) atoms. The summed E-state index contributed by atoms with van der Waals surface area (Å²) in [6.07, 6.45) is 2.71. The van der Waals surface area contributed by atoms with Crippen molar-refractivity contribution in [2.45, 2.75) is 44.4 Å². The van der Waals surface area contributed by atoms with Crippen LogP contribution in [0.3, 0.4) is 0 Å². The highest BCUT2D eigenvalue weighted by Crippen LogP contribution is 2.25. The maximum Gasteiger partial charge on any atom is 0.325 e. The Hall–Kier alpha value is -0.620. The van der Waals surface area contributed by atoms with Crippen molar-refractivity contribution < 1.29 is 17.9 Å². The molecule has 0 aliphatic heterocycles. The van der Waals surface area contributed by atoms with Crippen LogP contribution in [-0.2, 0) is 19.6 Å². The lowest BCUT2D eigenvalue weighted by molar-refractivity contribution is -0.139. The van der Waals surface area contributed by atoms with E-state index in [0.29, 0.717) is 5.92 Å². The van der Waals surface area contributed by atoms with Crippen molar-refractivity contribution in [3.63, 3.8) is 0 Å². The summed E-state index contributed by atoms with van der Waals surface area (Å²) in [5.41, 5.74) is 0. The van der Waals surface area contributed by atoms with E-state index in [4.69, 9.17) is 0 Å². The van der Waals surface area contributed by atoms with Gasteiger partial charge < -0.3 is 4.74 Å². The molecule has 5 nitrogen and oxygen atoms in total. The van der Waals surface area contributed by atoms with Gasteiger partial charge in [0, 0.05) is 6.04 Å². The Morgan fingerprint density at radius 1 is 1.44 bits per heavy atom. The number of carbonyl (C=O) groups is 1. The average molecular weight is 249 g/mol. The van der Waals surface area contributed by atoms with Crippen molar-refractivity contribution in [3.8, 4) is 0 Å². The van der Waals surface area contributed by atoms with Gasteiger partial charge in [0.05, 0.1) is 7.11 Å². The first-order chi connectivity index (χ1) is 7.36. The molecule has 1 saturated carbocycles. The van der Waals surface area contributed by atoms with Crippen LogP contribution in [0.2, 0.25) is 0 Å². The number of nitrogens with one attached hydrogen (secondary N) is 1. The molecule has 0 aromatic carbocycles. The van der Waals surface area contributed by atoms with Gasteiger partial charge in [-0.3, -0.25) is 4.79 Å². The molecule has 0 radical (unpaired) electrons. The number of sulfonamides is 1. The van der Waals surface area contributed by atoms with Gasteiger partial charge in [0.25, 0.3) is 0 Å². The monoisotopic (exact) mass is 249 g/mol. The zero-order valence-electron chi connectivity index (χ0n) is 9.89. The molecule has 0 spiro atoms. The van der Waals surface area contributed by atoms with Crippen molar-refractivity contribution in [1.29, 1.82) is 0 Å². The quantitative estimate of drug-likeness (QED) is 0.743. The summed E-state index contributed by atoms with van der Waals surface area (Å²) in [6, 6.07) is -0.0351. The molecule has 0 heterocycles. The predicted molar refractivity (Wildman–Crippen MR) is 60.3 cm³/mol. The van der Waals surface area contributed by atoms with Gasteiger partial charge in [-0.1, -0.05) is 6.92 Å². The Kier molecular flexibility index (Phi) is 4.32. The fraction of sp³-hybridized carbons (Fsp3) is 0.900. The van der Waals surface area contributed by atoms with Crippen LogP contribution < -0.4 is 4.72 Å². The van der Waals surface area contributed by atoms with Gasteiger partial charge in [0.2, 0.25) is 10.0 Å². The van der Waals surface area contributed by atoms with E-state index >= 15 is 0 Å². The van der Waals surface area contributed by atoms with Gasteiger partial charge in [-0.2, -0.15) is 0 Å². The normalized spacial score (nSPS) is 27.7. The molecule has 1 N–H and O–H groups in total. The Morgan fingerprint density at radius 2 is 2.06 bits per heavy atom. The first kappa shape index (κ1) is 13.4. The molecule has 0 saturated heterocycles. The van der Waals surface area contributed by atoms with Gasteiger partial charge in [-0.05, 0) is 32.1 Å². The van der Waals surface area contributed by atoms with E-state index in [2.05, 4.69) is 16.4 Å². The molecule has 94 valence electrons. The molecule has 1 aliphatic rings. The highest BCUT2D eigenvalue weighted by Gasteiger charge is 2.33. The molecule has 3 unspecified atom stereocenters. The van der Waals surface area contributed by atoms with E-state index in [1.807, 2.05) is 0 Å². The molecule has 0 bridgehead atoms. The fourth-order valence-corrected chi connectivity index (χ4v) is 3.17. The summed E-state index contributed by atoms with van der Waals surface area (Å²) in [6.45, 7) is 3.44. The Balaban J connectivity index is 2.61. The minimum atomic E-state index is -3.60. The Morgan fingerprint density at radius 3 is 2.50 bits per heavy atom. The standard InChI is InChI=1S/C10H19NO4S/c1-7-4-5-9(6-7)11-16(13,14)8(2)10(12)15-3/h7-9,11H,4-6H2,1-3H3. The number of ether oxygens (including phenoxy) is 1. The zero-order valence-corrected chi connectivity index (χ0v) is 10.7. The molecule has 3 atom stereocenters. The van der Waals surface area contributed by atoms with Gasteiger partial charge >= 0.3 is 5.97 Å². The second-order valence-corrected chi connectivity index (χ2v) is 6.48. The minimum Gasteiger partial charge on any atom is -0.468 e. The lowest BCUT2D eigenvalue weighted by Gasteiger charge is -2.16. The highest BCUT2D eigenvalue weighted by atomic mass is 32.2. The summed E-state index contributed by atoms with van der Waals surface area (Å²) in [5.74, 6) is -0.181. The summed E-state index contributed by atoms with van der Waals surface area (Å²) in [5, 5.41) is -1.14. The van der Waals surface area contributed by atoms with Crippen molar-refractivity contribution in [2.24, 2.45) is 5.92 Å². The first-order valence-electron chi connectivity index (χ1n) is 5.45. The summed E-state index contributed by atoms with van der Waals surface area (Å²) >= 11 is 0. The lowest BCUT2D eigenvalue weighted by Crippen LogP contribution is -2.42. The molecular weight excluding hydrogens is 230 g/mol. The Bertz CT molecular complexity index is 352. The van der Waals surface area contributed by atoms with E-state index < -0.39 is 21.2 Å². The number of methoxy groups -OCH3 is 1. The number of hydrogen-bond acceptors (Lipinski definition) is 4. The molecule has 0 aromatic heterocycles. The third-order valence-corrected chi connectivity index (χ3v) is 4.81. The molecule has 1 rings (SSSR count). The zero-order chi connectivity index (χ0) is 12.3. The average Bonchev–Trinajstić information content (AvgIpc) is 2.60. The van der Waals surface area contributed by atoms with Crippen LogP contribution in [0, 0.1) is 5.92 Å². The van der Waals surface area contributed by atoms with Crippen LogP contribution in [0.25, 0.3) is 0 Å². The van der Waals surface area contributed by atoms with Crippen molar-refractivity contribution in [3.05, 3.63) is 0 Å². The molecule has 6 heteroatoms. The number of esters is 1. The third-order valence-electron chi connectivity index (χ3n) is 3.02. The van der Waals surface area contributed by atoms with E-state index in [9.17, 15) is 13.2 Å². The Labute approximate surface area is 96.6 Å². The van der Waals surface area contributed by atoms with E-state index in [1.165, 1.54) is 14.0 Å². The van der Waals surface area contributed by atoms with Crippen LogP contribution in [0.15, 0.2) is 0 Å². The van der Waals surface area contributed by atoms with Crippen LogP contribution in [0.1, 0.15) is 33.1 Å². The number of hydrogen-bond donors (Lipinski definition) is 1. The molecule has 0 aromatic rings. The fourth-order valence-electron chi connectivity index (χ4n) is 1.94. The number of carbonyl (C=O) groups excluding carboxylic acids is 1. The molecular formula is C10H19NO4S. The van der Waals surface area contributed by atoms with Gasteiger partial charge in [-0.15, -0.1) is 0 Å². The summed E-state index contributed by atoms with van der Waals surface area (Å²) < 4.78 is 30.6. The van der Waals surface area contributed by atoms with Crippen molar-refractivity contribution >= 4 is 16.0 Å². The van der Waals surface area contributed by atoms with Gasteiger partial charge in [0.15, 0.2) is 5.25 Å². The minimum absolute atomic E-state index is 0.0351. The van der Waals surface area contributed by atoms with Gasteiger partial charge in [-0.25, -0.2) is 13.1 Å². The van der Waals surface area contributed by atoms with Crippen LogP contribution in [0.5, 0.6) is 0 Å². The predicted octanol–water partition coefficient (Wildman–Crippen LogP) is 0.656. The van der Waals surface area contributed by atoms with E-state index in [0.717, 1.165) is 19.3 Å². The molecule has 1 fully saturated rings. The second kappa shape index (κ2) is 5.14. The SMILES string of the molecule is COC(=O)C(C)S(=O)(=O)NC1CCC(C)C1. The summed E-state index contributed by atoms with van der Waals surface area (Å²) in [4.78, 5) is 11.2. The maximum atomic E-state index is 11.8. The van der Waals surface area contributed by atoms with E-state index in [-0.39, 0.29) is 6.04 Å². The molecule has 1 aliphatic carbocycles. The van der Waals surface area contributed by atoms with Crippen molar-refractivity contribution in [2.75, 3.05) is 7.11 Å². The van der Waals surface area contributed by atoms with Gasteiger partial charge in [0.1, 0.15) is 0 Å². The maximum absolute atomic E-state index is 11.8. The third kappa shape index (κ3) is 3.18. The highest BCUT2D eigenvalue weighted by molar-refractivity contribution is 7.90. The smallest absolute Gasteiger partial charge is 0.325 e. The van der Waals surface area contributed by atoms with Crippen molar-refractivity contribution in [1.82, 2.24) is 4.72 Å². The molecule has 0 amide bonds.